The second-order valence-corrected chi connectivity index (χ2v) is 6.55. The van der Waals surface area contributed by atoms with E-state index in [9.17, 15) is 0 Å². The minimum Gasteiger partial charge on any atom is -0.311 e. The SMILES string of the molecule is CC1CN(CCC2CCCC2)C(C(C)C)CN1. The number of hydrogen-bond acceptors (Lipinski definition) is 2. The normalized spacial score (nSPS) is 32.5. The van der Waals surface area contributed by atoms with Gasteiger partial charge in [-0.3, -0.25) is 4.90 Å². The summed E-state index contributed by atoms with van der Waals surface area (Å²) in [4.78, 5) is 2.75. The average Bonchev–Trinajstić information content (AvgIpc) is 2.78. The van der Waals surface area contributed by atoms with E-state index in [0.29, 0.717) is 6.04 Å². The molecular weight excluding hydrogens is 208 g/mol. The molecule has 2 heteroatoms. The molecule has 1 aliphatic carbocycles. The van der Waals surface area contributed by atoms with E-state index >= 15 is 0 Å². The van der Waals surface area contributed by atoms with Crippen molar-refractivity contribution < 1.29 is 0 Å². The number of rotatable bonds is 4. The van der Waals surface area contributed by atoms with Crippen molar-refractivity contribution in [3.05, 3.63) is 0 Å². The van der Waals surface area contributed by atoms with E-state index in [2.05, 4.69) is 31.0 Å². The zero-order valence-corrected chi connectivity index (χ0v) is 11.9. The molecule has 0 aromatic heterocycles. The Bertz CT molecular complexity index is 221. The number of piperazine rings is 1. The molecule has 0 aromatic carbocycles. The van der Waals surface area contributed by atoms with Crippen LogP contribution in [0.25, 0.3) is 0 Å². The van der Waals surface area contributed by atoms with Gasteiger partial charge in [-0.15, -0.1) is 0 Å². The van der Waals surface area contributed by atoms with Crippen molar-refractivity contribution in [2.75, 3.05) is 19.6 Å². The van der Waals surface area contributed by atoms with Crippen molar-refractivity contribution in [1.82, 2.24) is 10.2 Å². The van der Waals surface area contributed by atoms with Crippen LogP contribution in [-0.2, 0) is 0 Å². The number of hydrogen-bond donors (Lipinski definition) is 1. The van der Waals surface area contributed by atoms with Crippen molar-refractivity contribution in [2.45, 2.75) is 65.0 Å². The predicted molar refractivity (Wildman–Crippen MR) is 74.2 cm³/mol. The van der Waals surface area contributed by atoms with Crippen molar-refractivity contribution in [3.63, 3.8) is 0 Å². The first-order valence-electron chi connectivity index (χ1n) is 7.64. The fourth-order valence-electron chi connectivity index (χ4n) is 3.56. The Morgan fingerprint density at radius 2 is 1.94 bits per heavy atom. The van der Waals surface area contributed by atoms with E-state index in [-0.39, 0.29) is 0 Å². The highest BCUT2D eigenvalue weighted by Gasteiger charge is 2.28. The van der Waals surface area contributed by atoms with Gasteiger partial charge in [0.1, 0.15) is 0 Å². The van der Waals surface area contributed by atoms with Crippen molar-refractivity contribution in [3.8, 4) is 0 Å². The third kappa shape index (κ3) is 3.69. The van der Waals surface area contributed by atoms with Crippen LogP contribution in [-0.4, -0.2) is 36.6 Å². The first-order valence-corrected chi connectivity index (χ1v) is 7.64. The fourth-order valence-corrected chi connectivity index (χ4v) is 3.56. The number of nitrogens with one attached hydrogen (secondary N) is 1. The van der Waals surface area contributed by atoms with E-state index in [1.807, 2.05) is 0 Å². The predicted octanol–water partition coefficient (Wildman–Crippen LogP) is 2.89. The minimum absolute atomic E-state index is 0.675. The third-order valence-electron chi connectivity index (χ3n) is 4.72. The summed E-state index contributed by atoms with van der Waals surface area (Å²) in [6, 6.07) is 1.43. The largest absolute Gasteiger partial charge is 0.311 e. The van der Waals surface area contributed by atoms with Crippen molar-refractivity contribution in [1.29, 1.82) is 0 Å². The van der Waals surface area contributed by atoms with E-state index in [4.69, 9.17) is 0 Å². The summed E-state index contributed by atoms with van der Waals surface area (Å²) in [5.41, 5.74) is 0. The Balaban J connectivity index is 1.81. The van der Waals surface area contributed by atoms with E-state index in [0.717, 1.165) is 17.9 Å². The molecule has 1 N–H and O–H groups in total. The molecule has 2 aliphatic rings. The molecule has 2 nitrogen and oxygen atoms in total. The van der Waals surface area contributed by atoms with Gasteiger partial charge in [-0.05, 0) is 31.7 Å². The molecule has 100 valence electrons. The van der Waals surface area contributed by atoms with Crippen LogP contribution in [0, 0.1) is 11.8 Å². The molecule has 2 rings (SSSR count). The van der Waals surface area contributed by atoms with Crippen molar-refractivity contribution >= 4 is 0 Å². The molecule has 1 saturated heterocycles. The van der Waals surface area contributed by atoms with Crippen molar-refractivity contribution in [2.24, 2.45) is 11.8 Å². The lowest BCUT2D eigenvalue weighted by Gasteiger charge is -2.42. The highest BCUT2D eigenvalue weighted by molar-refractivity contribution is 4.86. The van der Waals surface area contributed by atoms with Gasteiger partial charge in [-0.1, -0.05) is 39.5 Å². The zero-order valence-electron chi connectivity index (χ0n) is 11.9. The molecule has 2 unspecified atom stereocenters. The molecule has 0 amide bonds. The van der Waals surface area contributed by atoms with Crippen LogP contribution in [0.3, 0.4) is 0 Å². The smallest absolute Gasteiger partial charge is 0.0244 e. The van der Waals surface area contributed by atoms with Crippen LogP contribution < -0.4 is 5.32 Å². The highest BCUT2D eigenvalue weighted by Crippen LogP contribution is 2.28. The van der Waals surface area contributed by atoms with Crippen LogP contribution in [0.15, 0.2) is 0 Å². The molecule has 2 atom stereocenters. The van der Waals surface area contributed by atoms with Gasteiger partial charge in [0, 0.05) is 25.2 Å². The zero-order chi connectivity index (χ0) is 12.3. The maximum atomic E-state index is 3.63. The van der Waals surface area contributed by atoms with Gasteiger partial charge in [-0.25, -0.2) is 0 Å². The van der Waals surface area contributed by atoms with E-state index in [1.165, 1.54) is 51.7 Å². The van der Waals surface area contributed by atoms with Crippen LogP contribution in [0.2, 0.25) is 0 Å². The lowest BCUT2D eigenvalue weighted by atomic mass is 9.96. The molecule has 0 radical (unpaired) electrons. The summed E-state index contributed by atoms with van der Waals surface area (Å²) in [6.07, 6.45) is 7.39. The van der Waals surface area contributed by atoms with Gasteiger partial charge in [0.25, 0.3) is 0 Å². The highest BCUT2D eigenvalue weighted by atomic mass is 15.2. The van der Waals surface area contributed by atoms with Crippen LogP contribution in [0.5, 0.6) is 0 Å². The monoisotopic (exact) mass is 238 g/mol. The summed E-state index contributed by atoms with van der Waals surface area (Å²) in [6.45, 7) is 10.8. The molecule has 1 saturated carbocycles. The minimum atomic E-state index is 0.675. The molecule has 1 heterocycles. The van der Waals surface area contributed by atoms with E-state index < -0.39 is 0 Å². The molecule has 2 fully saturated rings. The number of nitrogens with zero attached hydrogens (tertiary/aromatic N) is 1. The second-order valence-electron chi connectivity index (χ2n) is 6.55. The molecular formula is C15H30N2. The molecule has 0 spiro atoms. The first-order chi connectivity index (χ1) is 8.16. The van der Waals surface area contributed by atoms with Gasteiger partial charge in [0.2, 0.25) is 0 Å². The average molecular weight is 238 g/mol. The maximum absolute atomic E-state index is 3.63. The lowest BCUT2D eigenvalue weighted by molar-refractivity contribution is 0.0963. The Hall–Kier alpha value is -0.0800. The molecule has 0 bridgehead atoms. The summed E-state index contributed by atoms with van der Waals surface area (Å²) in [7, 11) is 0. The molecule has 0 aromatic rings. The van der Waals surface area contributed by atoms with Gasteiger partial charge in [-0.2, -0.15) is 0 Å². The van der Waals surface area contributed by atoms with Crippen LogP contribution >= 0.6 is 0 Å². The van der Waals surface area contributed by atoms with Gasteiger partial charge in [0.15, 0.2) is 0 Å². The Morgan fingerprint density at radius 3 is 2.59 bits per heavy atom. The molecule has 17 heavy (non-hydrogen) atoms. The summed E-state index contributed by atoms with van der Waals surface area (Å²) in [5.74, 6) is 1.81. The Morgan fingerprint density at radius 1 is 1.24 bits per heavy atom. The Kier molecular flexibility index (Phi) is 4.87. The quantitative estimate of drug-likeness (QED) is 0.810. The second kappa shape index (κ2) is 6.19. The van der Waals surface area contributed by atoms with Crippen LogP contribution in [0.4, 0.5) is 0 Å². The maximum Gasteiger partial charge on any atom is 0.0244 e. The van der Waals surface area contributed by atoms with E-state index in [1.54, 1.807) is 0 Å². The fraction of sp³-hybridized carbons (Fsp3) is 1.00. The van der Waals surface area contributed by atoms with Gasteiger partial charge >= 0.3 is 0 Å². The van der Waals surface area contributed by atoms with Crippen LogP contribution in [0.1, 0.15) is 52.9 Å². The van der Waals surface area contributed by atoms with Gasteiger partial charge in [0.05, 0.1) is 0 Å². The lowest BCUT2D eigenvalue weighted by Crippen LogP contribution is -2.57. The Labute approximate surface area is 107 Å². The summed E-state index contributed by atoms with van der Waals surface area (Å²) < 4.78 is 0. The molecule has 1 aliphatic heterocycles. The standard InChI is InChI=1S/C15H30N2/c1-12(2)15-10-16-13(3)11-17(15)9-8-14-6-4-5-7-14/h12-16H,4-11H2,1-3H3. The summed E-state index contributed by atoms with van der Waals surface area (Å²) in [5, 5.41) is 3.63. The first kappa shape index (κ1) is 13.4. The third-order valence-corrected chi connectivity index (χ3v) is 4.72. The van der Waals surface area contributed by atoms with Gasteiger partial charge < -0.3 is 5.32 Å². The topological polar surface area (TPSA) is 15.3 Å². The summed E-state index contributed by atoms with van der Waals surface area (Å²) >= 11 is 0.